The van der Waals surface area contributed by atoms with Gasteiger partial charge in [0, 0.05) is 16.7 Å². The number of aromatic nitrogens is 3. The van der Waals surface area contributed by atoms with E-state index in [9.17, 15) is 29.1 Å². The van der Waals surface area contributed by atoms with Gasteiger partial charge < -0.3 is 35.6 Å². The van der Waals surface area contributed by atoms with Crippen LogP contribution in [0.5, 0.6) is 0 Å². The largest absolute Gasteiger partial charge is 0.543 e. The van der Waals surface area contributed by atoms with Crippen molar-refractivity contribution in [2.75, 3.05) is 18.1 Å². The summed E-state index contributed by atoms with van der Waals surface area (Å²) in [5.74, 6) is -4.74. The normalized spacial score (nSPS) is 19.1. The first-order valence-corrected chi connectivity index (χ1v) is 15.3. The van der Waals surface area contributed by atoms with Crippen LogP contribution in [0.4, 0.5) is 5.13 Å². The molecule has 3 atom stereocenters. The van der Waals surface area contributed by atoms with Crippen molar-refractivity contribution >= 4 is 79.8 Å². The summed E-state index contributed by atoms with van der Waals surface area (Å²) in [6.45, 7) is 3.23. The summed E-state index contributed by atoms with van der Waals surface area (Å²) in [4.78, 5) is 72.6. The number of carboxylic acid groups (broad SMARTS) is 2. The van der Waals surface area contributed by atoms with E-state index in [1.807, 2.05) is 0 Å². The predicted molar refractivity (Wildman–Crippen MR) is 150 cm³/mol. The lowest BCUT2D eigenvalue weighted by atomic mass is 10.0. The third-order valence-corrected chi connectivity index (χ3v) is 9.24. The number of fused-ring (bicyclic) bond motifs is 2. The van der Waals surface area contributed by atoms with Gasteiger partial charge in [-0.05, 0) is 13.8 Å². The number of nitrogen functional groups attached to an aromatic ring is 1. The molecule has 0 spiro atoms. The van der Waals surface area contributed by atoms with Gasteiger partial charge in [-0.1, -0.05) is 16.5 Å². The van der Waals surface area contributed by atoms with Crippen LogP contribution < -0.4 is 20.7 Å². The standard InChI is InChI=1S/C24H23N7O9S3/c1-3-39-23(38)13-8-41-14-5-29(9-30(13)14)4-11-6-42-20-16(19(33)31(20)17(11)22(36)37)27-18(32)15(12-7-43-24(25)26-12)28-40-10(2)21(34)35/h5,7-10,16,20H,3-4,6H2,1-2H3,(H4-,25,26,27,32,34,35,36,37)/b28-15-/t10-,16+,20+/m0/s1. The number of nitrogens with one attached hydrogen (secondary N) is 1. The third-order valence-electron chi connectivity index (χ3n) is 6.34. The number of oxime groups is 1. The maximum Gasteiger partial charge on any atom is 0.379 e. The Morgan fingerprint density at radius 1 is 1.33 bits per heavy atom. The number of nitrogens with zero attached hydrogens (tertiary/aromatic N) is 5. The average Bonchev–Trinajstić information content (AvgIpc) is 3.67. The first-order chi connectivity index (χ1) is 20.5. The molecule has 2 aliphatic rings. The molecular formula is C24H23N7O9S3. The van der Waals surface area contributed by atoms with E-state index in [0.717, 1.165) is 21.1 Å². The van der Waals surface area contributed by atoms with Gasteiger partial charge in [0.2, 0.25) is 16.6 Å². The fourth-order valence-electron chi connectivity index (χ4n) is 4.32. The van der Waals surface area contributed by atoms with Crippen molar-refractivity contribution in [2.24, 2.45) is 5.16 Å². The molecule has 0 aromatic carbocycles. The summed E-state index contributed by atoms with van der Waals surface area (Å²) < 4.78 is 8.41. The number of ether oxygens (including phenoxy) is 1. The van der Waals surface area contributed by atoms with Crippen LogP contribution >= 0.6 is 34.4 Å². The highest BCUT2D eigenvalue weighted by molar-refractivity contribution is 8.00. The topological polar surface area (TPSA) is 222 Å². The average molecular weight is 650 g/mol. The van der Waals surface area contributed by atoms with E-state index < -0.39 is 53.0 Å². The van der Waals surface area contributed by atoms with E-state index in [4.69, 9.17) is 20.4 Å². The molecule has 3 aromatic rings. The highest BCUT2D eigenvalue weighted by Crippen LogP contribution is 2.40. The number of anilines is 1. The maximum absolute atomic E-state index is 13.2. The van der Waals surface area contributed by atoms with E-state index in [1.54, 1.807) is 33.8 Å². The van der Waals surface area contributed by atoms with Crippen molar-refractivity contribution in [3.05, 3.63) is 45.9 Å². The van der Waals surface area contributed by atoms with E-state index in [-0.39, 0.29) is 35.4 Å². The number of esters is 1. The Balaban J connectivity index is 1.35. The number of rotatable bonds is 11. The number of aliphatic carboxylic acids is 2. The second-order valence-electron chi connectivity index (χ2n) is 9.16. The SMILES string of the molecule is CCOC(=O)c1csc2c[n+](CC3=C(C(=O)[O-])N4C(=O)[C@@H](NC(=O)/C(=N\O[C@@H](C)C(=O)O)c5csc(N)n5)[C@H]4SC3)cn12. The van der Waals surface area contributed by atoms with Crippen LogP contribution in [0.3, 0.4) is 0 Å². The fourth-order valence-corrected chi connectivity index (χ4v) is 7.10. The van der Waals surface area contributed by atoms with E-state index in [0.29, 0.717) is 11.3 Å². The van der Waals surface area contributed by atoms with Crippen molar-refractivity contribution < 1.29 is 48.3 Å². The van der Waals surface area contributed by atoms with Crippen LogP contribution in [0.1, 0.15) is 30.0 Å². The molecule has 5 rings (SSSR count). The molecule has 0 aliphatic carbocycles. The number of β-lactam (4-membered cyclic amide) rings is 1. The molecular weight excluding hydrogens is 627 g/mol. The number of imidazole rings is 1. The van der Waals surface area contributed by atoms with Gasteiger partial charge in [-0.25, -0.2) is 19.1 Å². The number of thioether (sulfide) groups is 1. The van der Waals surface area contributed by atoms with Crippen LogP contribution in [-0.4, -0.2) is 84.7 Å². The van der Waals surface area contributed by atoms with Crippen molar-refractivity contribution in [2.45, 2.75) is 37.9 Å². The van der Waals surface area contributed by atoms with Gasteiger partial charge in [-0.3, -0.25) is 14.5 Å². The lowest BCUT2D eigenvalue weighted by Crippen LogP contribution is -2.71. The van der Waals surface area contributed by atoms with Crippen molar-refractivity contribution in [1.29, 1.82) is 0 Å². The first-order valence-electron chi connectivity index (χ1n) is 12.5. The zero-order valence-corrected chi connectivity index (χ0v) is 24.9. The van der Waals surface area contributed by atoms with Gasteiger partial charge in [-0.2, -0.15) is 4.40 Å². The van der Waals surface area contributed by atoms with Crippen LogP contribution in [0, 0.1) is 0 Å². The molecule has 0 radical (unpaired) electrons. The highest BCUT2D eigenvalue weighted by Gasteiger charge is 2.53. The number of hydrogen-bond acceptors (Lipinski definition) is 14. The Morgan fingerprint density at radius 2 is 2.09 bits per heavy atom. The molecule has 19 heteroatoms. The van der Waals surface area contributed by atoms with E-state index >= 15 is 0 Å². The first kappa shape index (κ1) is 30.0. The lowest BCUT2D eigenvalue weighted by molar-refractivity contribution is -0.687. The smallest absolute Gasteiger partial charge is 0.379 e. The number of carbonyl (C=O) groups is 5. The summed E-state index contributed by atoms with van der Waals surface area (Å²) >= 11 is 3.56. The van der Waals surface area contributed by atoms with Crippen LogP contribution in [0.2, 0.25) is 0 Å². The highest BCUT2D eigenvalue weighted by atomic mass is 32.2. The number of nitrogens with two attached hydrogens (primary N) is 1. The van der Waals surface area contributed by atoms with E-state index in [2.05, 4.69) is 15.5 Å². The zero-order valence-electron chi connectivity index (χ0n) is 22.4. The van der Waals surface area contributed by atoms with Crippen LogP contribution in [0.25, 0.3) is 4.83 Å². The van der Waals surface area contributed by atoms with Crippen LogP contribution in [-0.2, 0) is 35.3 Å². The molecule has 0 bridgehead atoms. The second kappa shape index (κ2) is 12.0. The molecule has 0 saturated carbocycles. The molecule has 43 heavy (non-hydrogen) atoms. The molecule has 1 fully saturated rings. The van der Waals surface area contributed by atoms with Gasteiger partial charge in [0.15, 0.2) is 10.8 Å². The molecule has 0 unspecified atom stereocenters. The van der Waals surface area contributed by atoms with Gasteiger partial charge in [0.1, 0.15) is 29.9 Å². The number of hydrogen-bond donors (Lipinski definition) is 3. The summed E-state index contributed by atoms with van der Waals surface area (Å²) in [5.41, 5.74) is 5.69. The van der Waals surface area contributed by atoms with Crippen molar-refractivity contribution in [3.63, 3.8) is 0 Å². The quantitative estimate of drug-likeness (QED) is 0.0733. The lowest BCUT2D eigenvalue weighted by Gasteiger charge is -2.50. The minimum Gasteiger partial charge on any atom is -0.543 e. The molecule has 1 saturated heterocycles. The summed E-state index contributed by atoms with van der Waals surface area (Å²) in [6.07, 6.45) is 1.99. The molecule has 4 N–H and O–H groups in total. The molecule has 2 aliphatic heterocycles. The Morgan fingerprint density at radius 3 is 2.74 bits per heavy atom. The number of amides is 2. The molecule has 226 valence electrons. The third kappa shape index (κ3) is 5.77. The van der Waals surface area contributed by atoms with Gasteiger partial charge in [-0.15, -0.1) is 23.1 Å². The minimum absolute atomic E-state index is 0.00531. The van der Waals surface area contributed by atoms with Gasteiger partial charge in [0.25, 0.3) is 18.1 Å². The number of carbonyl (C=O) groups excluding carboxylic acids is 4. The summed E-state index contributed by atoms with van der Waals surface area (Å²) in [6, 6.07) is -1.12. The van der Waals surface area contributed by atoms with Gasteiger partial charge >= 0.3 is 11.9 Å². The fraction of sp³-hybridized carbons (Fsp3) is 0.333. The number of carboxylic acids is 2. The second-order valence-corrected chi connectivity index (χ2v) is 12.0. The van der Waals surface area contributed by atoms with Crippen molar-refractivity contribution in [1.82, 2.24) is 19.6 Å². The van der Waals surface area contributed by atoms with Crippen molar-refractivity contribution in [3.8, 4) is 0 Å². The Hall–Kier alpha value is -4.49. The Bertz CT molecular complexity index is 1710. The Kier molecular flexibility index (Phi) is 8.38. The minimum atomic E-state index is -1.55. The Labute approximate surface area is 254 Å². The summed E-state index contributed by atoms with van der Waals surface area (Å²) in [7, 11) is 0. The van der Waals surface area contributed by atoms with E-state index in [1.165, 1.54) is 35.4 Å². The maximum atomic E-state index is 13.2. The monoisotopic (exact) mass is 649 g/mol. The molecule has 3 aromatic heterocycles. The van der Waals surface area contributed by atoms with Crippen LogP contribution in [0.15, 0.2) is 39.7 Å². The molecule has 16 nitrogen and oxygen atoms in total. The molecule has 2 amide bonds. The van der Waals surface area contributed by atoms with Gasteiger partial charge in [0.05, 0.1) is 23.7 Å². The predicted octanol–water partition coefficient (Wildman–Crippen LogP) is -1.20. The zero-order chi connectivity index (χ0) is 31.0. The molecule has 5 heterocycles. The number of thiazole rings is 2. The summed E-state index contributed by atoms with van der Waals surface area (Å²) in [5, 5.41) is 29.9.